The van der Waals surface area contributed by atoms with Gasteiger partial charge in [0.15, 0.2) is 0 Å². The van der Waals surface area contributed by atoms with E-state index in [0.29, 0.717) is 22.6 Å². The van der Waals surface area contributed by atoms with Crippen LogP contribution >= 0.6 is 15.9 Å². The summed E-state index contributed by atoms with van der Waals surface area (Å²) in [5.41, 5.74) is 1.54. The first-order valence-corrected chi connectivity index (χ1v) is 9.92. The van der Waals surface area contributed by atoms with Crippen LogP contribution in [-0.4, -0.2) is 28.9 Å². The molecular formula is C23H17BrN2O4. The van der Waals surface area contributed by atoms with Gasteiger partial charge < -0.3 is 9.84 Å². The van der Waals surface area contributed by atoms with E-state index in [1.807, 2.05) is 0 Å². The van der Waals surface area contributed by atoms with Gasteiger partial charge in [0.05, 0.1) is 24.3 Å². The summed E-state index contributed by atoms with van der Waals surface area (Å²) in [4.78, 5) is 31.5. The number of rotatable bonds is 4. The highest BCUT2D eigenvalue weighted by Gasteiger charge is 2.47. The second-order valence-corrected chi connectivity index (χ2v) is 7.54. The fraction of sp³-hybridized carbons (Fsp3) is 0.0870. The van der Waals surface area contributed by atoms with Crippen molar-refractivity contribution in [3.63, 3.8) is 0 Å². The summed E-state index contributed by atoms with van der Waals surface area (Å²) >= 11 is 3.38. The Morgan fingerprint density at radius 2 is 1.70 bits per heavy atom. The first-order chi connectivity index (χ1) is 14.5. The monoisotopic (exact) mass is 464 g/mol. The van der Waals surface area contributed by atoms with Crippen molar-refractivity contribution in [3.05, 3.63) is 94.2 Å². The molecule has 4 rings (SSSR count). The molecule has 1 atom stereocenters. The van der Waals surface area contributed by atoms with Crippen LogP contribution in [0, 0.1) is 0 Å². The van der Waals surface area contributed by atoms with Gasteiger partial charge in [-0.1, -0.05) is 28.1 Å². The second kappa shape index (κ2) is 8.12. The van der Waals surface area contributed by atoms with Gasteiger partial charge in [-0.15, -0.1) is 0 Å². The van der Waals surface area contributed by atoms with Gasteiger partial charge in [-0.3, -0.25) is 19.5 Å². The lowest BCUT2D eigenvalue weighted by atomic mass is 9.95. The van der Waals surface area contributed by atoms with Crippen molar-refractivity contribution in [2.45, 2.75) is 6.04 Å². The van der Waals surface area contributed by atoms with Crippen LogP contribution in [0.3, 0.4) is 0 Å². The van der Waals surface area contributed by atoms with E-state index in [-0.39, 0.29) is 11.3 Å². The Morgan fingerprint density at radius 1 is 1.03 bits per heavy atom. The summed E-state index contributed by atoms with van der Waals surface area (Å²) in [5.74, 6) is -1.36. The summed E-state index contributed by atoms with van der Waals surface area (Å²) < 4.78 is 6.18. The maximum absolute atomic E-state index is 13.1. The van der Waals surface area contributed by atoms with Gasteiger partial charge in [-0.2, -0.15) is 0 Å². The van der Waals surface area contributed by atoms with E-state index >= 15 is 0 Å². The van der Waals surface area contributed by atoms with Crippen molar-refractivity contribution >= 4 is 39.1 Å². The normalized spacial score (nSPS) is 17.9. The van der Waals surface area contributed by atoms with Crippen molar-refractivity contribution in [2.75, 3.05) is 12.0 Å². The molecule has 0 aliphatic carbocycles. The highest BCUT2D eigenvalue weighted by Crippen LogP contribution is 2.43. The topological polar surface area (TPSA) is 79.7 Å². The molecule has 7 heteroatoms. The Bertz CT molecular complexity index is 1140. The average molecular weight is 465 g/mol. The van der Waals surface area contributed by atoms with Crippen molar-refractivity contribution in [3.8, 4) is 5.75 Å². The van der Waals surface area contributed by atoms with Crippen molar-refractivity contribution in [2.24, 2.45) is 0 Å². The maximum Gasteiger partial charge on any atom is 0.300 e. The molecule has 2 heterocycles. The summed E-state index contributed by atoms with van der Waals surface area (Å²) in [6, 6.07) is 16.5. The number of carbonyl (C=O) groups is 2. The predicted octanol–water partition coefficient (Wildman–Crippen LogP) is 4.48. The number of hydrogen-bond donors (Lipinski definition) is 1. The van der Waals surface area contributed by atoms with Crippen molar-refractivity contribution in [1.29, 1.82) is 0 Å². The molecule has 0 spiro atoms. The molecule has 0 radical (unpaired) electrons. The third-order valence-corrected chi connectivity index (χ3v) is 5.46. The zero-order valence-corrected chi connectivity index (χ0v) is 17.5. The number of aliphatic hydroxyl groups excluding tert-OH is 1. The molecule has 0 saturated carbocycles. The lowest BCUT2D eigenvalue weighted by Gasteiger charge is -2.25. The first-order valence-electron chi connectivity index (χ1n) is 9.13. The molecule has 1 aromatic heterocycles. The Kier molecular flexibility index (Phi) is 5.37. The molecule has 3 aromatic rings. The quantitative estimate of drug-likeness (QED) is 0.349. The standard InChI is InChI=1S/C23H17BrN2O4/c1-30-18-5-3-2-4-17(18)21(27)19-20(14-10-12-25-13-11-14)26(23(29)22(19)28)16-8-6-15(24)7-9-16/h2-13,20,27H,1H3/b21-19-. The number of nitrogens with zero attached hydrogens (tertiary/aromatic N) is 2. The molecule has 2 aromatic carbocycles. The fourth-order valence-corrected chi connectivity index (χ4v) is 3.81. The number of anilines is 1. The Balaban J connectivity index is 1.96. The van der Waals surface area contributed by atoms with E-state index in [4.69, 9.17) is 4.74 Å². The van der Waals surface area contributed by atoms with Crippen LogP contribution < -0.4 is 9.64 Å². The fourth-order valence-electron chi connectivity index (χ4n) is 3.55. The van der Waals surface area contributed by atoms with E-state index in [2.05, 4.69) is 20.9 Å². The lowest BCUT2D eigenvalue weighted by Crippen LogP contribution is -2.29. The molecule has 6 nitrogen and oxygen atoms in total. The summed E-state index contributed by atoms with van der Waals surface area (Å²) in [5, 5.41) is 11.1. The van der Waals surface area contributed by atoms with Gasteiger partial charge in [0.1, 0.15) is 11.5 Å². The van der Waals surface area contributed by atoms with Crippen LogP contribution in [0.4, 0.5) is 5.69 Å². The molecule has 1 fully saturated rings. The van der Waals surface area contributed by atoms with Crippen LogP contribution in [0.25, 0.3) is 5.76 Å². The zero-order chi connectivity index (χ0) is 21.3. The number of methoxy groups -OCH3 is 1. The molecule has 1 amide bonds. The number of carbonyl (C=O) groups excluding carboxylic acids is 2. The number of halogens is 1. The number of aliphatic hydroxyl groups is 1. The predicted molar refractivity (Wildman–Crippen MR) is 116 cm³/mol. The van der Waals surface area contributed by atoms with Gasteiger partial charge in [0, 0.05) is 22.6 Å². The van der Waals surface area contributed by atoms with Crippen LogP contribution in [0.1, 0.15) is 17.2 Å². The average Bonchev–Trinajstić information content (AvgIpc) is 3.05. The van der Waals surface area contributed by atoms with Crippen LogP contribution in [0.5, 0.6) is 5.75 Å². The van der Waals surface area contributed by atoms with E-state index < -0.39 is 17.7 Å². The Labute approximate surface area is 181 Å². The lowest BCUT2D eigenvalue weighted by molar-refractivity contribution is -0.132. The molecule has 1 saturated heterocycles. The van der Waals surface area contributed by atoms with E-state index in [0.717, 1.165) is 4.47 Å². The number of Topliss-reactive ketones (excluding diaryl/α,β-unsaturated/α-hetero) is 1. The molecule has 0 bridgehead atoms. The van der Waals surface area contributed by atoms with Gasteiger partial charge in [0.2, 0.25) is 0 Å². The van der Waals surface area contributed by atoms with Gasteiger partial charge in [-0.05, 0) is 54.1 Å². The van der Waals surface area contributed by atoms with Crippen LogP contribution in [0.2, 0.25) is 0 Å². The minimum Gasteiger partial charge on any atom is -0.507 e. The smallest absolute Gasteiger partial charge is 0.300 e. The molecule has 1 N–H and O–H groups in total. The number of hydrogen-bond acceptors (Lipinski definition) is 5. The molecule has 1 aliphatic rings. The molecule has 1 unspecified atom stereocenters. The summed E-state index contributed by atoms with van der Waals surface area (Å²) in [6.45, 7) is 0. The third-order valence-electron chi connectivity index (χ3n) is 4.93. The van der Waals surface area contributed by atoms with Gasteiger partial charge in [0.25, 0.3) is 11.7 Å². The Morgan fingerprint density at radius 3 is 2.37 bits per heavy atom. The number of benzene rings is 2. The largest absolute Gasteiger partial charge is 0.507 e. The zero-order valence-electron chi connectivity index (χ0n) is 15.9. The minimum absolute atomic E-state index is 0.00128. The number of ketones is 1. The maximum atomic E-state index is 13.1. The highest BCUT2D eigenvalue weighted by atomic mass is 79.9. The Hall–Kier alpha value is -3.45. The molecule has 150 valence electrons. The van der Waals surface area contributed by atoms with Crippen molar-refractivity contribution in [1.82, 2.24) is 4.98 Å². The number of pyridine rings is 1. The molecule has 1 aliphatic heterocycles. The van der Waals surface area contributed by atoms with E-state index in [9.17, 15) is 14.7 Å². The second-order valence-electron chi connectivity index (χ2n) is 6.63. The molecular weight excluding hydrogens is 448 g/mol. The van der Waals surface area contributed by atoms with Crippen LogP contribution in [0.15, 0.2) is 83.1 Å². The number of ether oxygens (including phenoxy) is 1. The first kappa shape index (κ1) is 19.8. The highest BCUT2D eigenvalue weighted by molar-refractivity contribution is 9.10. The minimum atomic E-state index is -0.806. The SMILES string of the molecule is COc1ccccc1/C(O)=C1/C(=O)C(=O)N(c2ccc(Br)cc2)C1c1ccncc1. The number of para-hydroxylation sites is 1. The third kappa shape index (κ3) is 3.37. The molecule has 30 heavy (non-hydrogen) atoms. The van der Waals surface area contributed by atoms with Crippen molar-refractivity contribution < 1.29 is 19.4 Å². The van der Waals surface area contributed by atoms with Gasteiger partial charge >= 0.3 is 0 Å². The number of aromatic nitrogens is 1. The van der Waals surface area contributed by atoms with Crippen LogP contribution in [-0.2, 0) is 9.59 Å². The van der Waals surface area contributed by atoms with E-state index in [1.165, 1.54) is 12.0 Å². The summed E-state index contributed by atoms with van der Waals surface area (Å²) in [6.07, 6.45) is 3.17. The van der Waals surface area contributed by atoms with E-state index in [1.54, 1.807) is 73.1 Å². The number of amides is 1. The van der Waals surface area contributed by atoms with Gasteiger partial charge in [-0.25, -0.2) is 0 Å². The summed E-state index contributed by atoms with van der Waals surface area (Å²) in [7, 11) is 1.48.